The molecule has 1 saturated heterocycles. The zero-order chi connectivity index (χ0) is 14.2. The summed E-state index contributed by atoms with van der Waals surface area (Å²) < 4.78 is 18.8. The number of aliphatic hydroxyl groups is 2. The molecular weight excluding hydrogens is 277 g/mol. The highest BCUT2D eigenvalue weighted by molar-refractivity contribution is 7.80. The van der Waals surface area contributed by atoms with Crippen molar-refractivity contribution >= 4 is 18.4 Å². The lowest BCUT2D eigenvalue weighted by Gasteiger charge is -2.17. The van der Waals surface area contributed by atoms with Crippen molar-refractivity contribution in [2.45, 2.75) is 23.3 Å². The van der Waals surface area contributed by atoms with Crippen molar-refractivity contribution in [2.24, 2.45) is 0 Å². The fourth-order valence-electron chi connectivity index (χ4n) is 1.83. The quantitative estimate of drug-likeness (QED) is 0.532. The molecule has 0 spiro atoms. The third-order valence-corrected chi connectivity index (χ3v) is 3.16. The number of nitrogen functional groups attached to an aromatic ring is 1. The minimum Gasteiger partial charge on any atom is -0.393 e. The van der Waals surface area contributed by atoms with E-state index in [-0.39, 0.29) is 22.6 Å². The van der Waals surface area contributed by atoms with Gasteiger partial charge in [0.25, 0.3) is 0 Å². The van der Waals surface area contributed by atoms with Gasteiger partial charge in [0.1, 0.15) is 18.0 Å². The Morgan fingerprint density at radius 3 is 2.89 bits per heavy atom. The molecule has 0 aromatic carbocycles. The number of hydrogen-bond acceptors (Lipinski definition) is 7. The van der Waals surface area contributed by atoms with Crippen LogP contribution in [0.25, 0.3) is 0 Å². The van der Waals surface area contributed by atoms with E-state index in [0.29, 0.717) is 0 Å². The Labute approximate surface area is 112 Å². The van der Waals surface area contributed by atoms with Crippen molar-refractivity contribution in [1.29, 1.82) is 0 Å². The van der Waals surface area contributed by atoms with Gasteiger partial charge in [-0.15, -0.1) is 12.6 Å². The minimum atomic E-state index is -1.40. The summed E-state index contributed by atoms with van der Waals surface area (Å²) in [5.41, 5.74) is 4.51. The zero-order valence-electron chi connectivity index (χ0n) is 9.60. The van der Waals surface area contributed by atoms with Crippen LogP contribution in [0, 0.1) is 0 Å². The van der Waals surface area contributed by atoms with Crippen LogP contribution in [0.4, 0.5) is 10.2 Å². The van der Waals surface area contributed by atoms with Gasteiger partial charge in [-0.05, 0) is 0 Å². The molecule has 3 unspecified atom stereocenters. The molecule has 7 nitrogen and oxygen atoms in total. The van der Waals surface area contributed by atoms with E-state index >= 15 is 0 Å². The molecule has 104 valence electrons. The van der Waals surface area contributed by atoms with Crippen LogP contribution in [0.15, 0.2) is 27.8 Å². The number of nitrogens with two attached hydrogens (primary N) is 1. The van der Waals surface area contributed by atoms with E-state index < -0.39 is 30.7 Å². The standard InChI is InChI=1S/C10H12FN3O4S/c11-1-4-5(3-15)18-9(7(4)16)14-2-6(19)8(12)13-10(14)17/h1-2,5,7,9,15-16,19H,3H2,(H2,12,13,17)/b4-1-. The van der Waals surface area contributed by atoms with Crippen LogP contribution in [0.3, 0.4) is 0 Å². The summed E-state index contributed by atoms with van der Waals surface area (Å²) in [5, 5.41) is 18.9. The average Bonchev–Trinajstić information content (AvgIpc) is 2.70. The predicted octanol–water partition coefficient (Wildman–Crippen LogP) is -0.782. The van der Waals surface area contributed by atoms with Crippen LogP contribution >= 0.6 is 12.6 Å². The van der Waals surface area contributed by atoms with Gasteiger partial charge in [0, 0.05) is 11.8 Å². The molecule has 0 saturated carbocycles. The number of rotatable bonds is 2. The Morgan fingerprint density at radius 1 is 1.68 bits per heavy atom. The summed E-state index contributed by atoms with van der Waals surface area (Å²) in [6.07, 6.45) is -2.22. The molecule has 2 rings (SSSR count). The highest BCUT2D eigenvalue weighted by Gasteiger charge is 2.40. The fraction of sp³-hybridized carbons (Fsp3) is 0.400. The fourth-order valence-corrected chi connectivity index (χ4v) is 2.01. The molecule has 1 aliphatic rings. The second kappa shape index (κ2) is 5.29. The second-order valence-corrected chi connectivity index (χ2v) is 4.43. The lowest BCUT2D eigenvalue weighted by molar-refractivity contribution is -0.0530. The number of thiol groups is 1. The van der Waals surface area contributed by atoms with Gasteiger partial charge in [0.2, 0.25) is 0 Å². The summed E-state index contributed by atoms with van der Waals surface area (Å²) in [6.45, 7) is -0.520. The zero-order valence-corrected chi connectivity index (χ0v) is 10.5. The molecule has 0 bridgehead atoms. The van der Waals surface area contributed by atoms with Crippen LogP contribution in [0.5, 0.6) is 0 Å². The monoisotopic (exact) mass is 289 g/mol. The molecule has 2 heterocycles. The van der Waals surface area contributed by atoms with Crippen LogP contribution in [-0.2, 0) is 4.74 Å². The Kier molecular flexibility index (Phi) is 3.90. The molecule has 4 N–H and O–H groups in total. The van der Waals surface area contributed by atoms with E-state index in [2.05, 4.69) is 17.6 Å². The topological polar surface area (TPSA) is 111 Å². The first-order valence-electron chi connectivity index (χ1n) is 5.31. The first kappa shape index (κ1) is 14.0. The molecule has 19 heavy (non-hydrogen) atoms. The van der Waals surface area contributed by atoms with E-state index in [0.717, 1.165) is 4.57 Å². The predicted molar refractivity (Wildman–Crippen MR) is 66.4 cm³/mol. The van der Waals surface area contributed by atoms with Crippen molar-refractivity contribution in [3.05, 3.63) is 28.6 Å². The van der Waals surface area contributed by atoms with Gasteiger partial charge in [-0.1, -0.05) is 0 Å². The van der Waals surface area contributed by atoms with E-state index in [1.54, 1.807) is 0 Å². The van der Waals surface area contributed by atoms with Crippen molar-refractivity contribution in [3.8, 4) is 0 Å². The van der Waals surface area contributed by atoms with Gasteiger partial charge in [0.15, 0.2) is 6.23 Å². The molecule has 3 atom stereocenters. The van der Waals surface area contributed by atoms with Crippen molar-refractivity contribution in [1.82, 2.24) is 9.55 Å². The first-order valence-corrected chi connectivity index (χ1v) is 5.76. The highest BCUT2D eigenvalue weighted by Crippen LogP contribution is 2.33. The molecule has 0 radical (unpaired) electrons. The van der Waals surface area contributed by atoms with E-state index in [1.807, 2.05) is 0 Å². The number of nitrogens with zero attached hydrogens (tertiary/aromatic N) is 2. The molecule has 9 heteroatoms. The van der Waals surface area contributed by atoms with Gasteiger partial charge >= 0.3 is 5.69 Å². The summed E-state index contributed by atoms with van der Waals surface area (Å²) in [7, 11) is 0. The smallest absolute Gasteiger partial charge is 0.351 e. The maximum atomic E-state index is 12.7. The third-order valence-electron chi connectivity index (χ3n) is 2.81. The molecule has 0 aliphatic carbocycles. The Bertz CT molecular complexity index is 576. The number of anilines is 1. The molecule has 1 fully saturated rings. The number of hydrogen-bond donors (Lipinski definition) is 4. The van der Waals surface area contributed by atoms with Gasteiger partial charge in [-0.2, -0.15) is 4.98 Å². The average molecular weight is 289 g/mol. The Balaban J connectivity index is 2.44. The van der Waals surface area contributed by atoms with Crippen LogP contribution in [0.2, 0.25) is 0 Å². The SMILES string of the molecule is Nc1nc(=O)n(C2OC(CO)/C(=C/F)C2O)cc1S. The number of halogens is 1. The lowest BCUT2D eigenvalue weighted by Crippen LogP contribution is -2.32. The molecular formula is C10H12FN3O4S. The Hall–Kier alpha value is -1.42. The normalized spacial score (nSPS) is 29.1. The highest BCUT2D eigenvalue weighted by atomic mass is 32.1. The number of ether oxygens (including phenoxy) is 1. The minimum absolute atomic E-state index is 0.0583. The van der Waals surface area contributed by atoms with Gasteiger partial charge in [0.05, 0.1) is 17.8 Å². The van der Waals surface area contributed by atoms with Gasteiger partial charge in [-0.3, -0.25) is 4.57 Å². The van der Waals surface area contributed by atoms with E-state index in [4.69, 9.17) is 15.6 Å². The molecule has 1 aromatic rings. The largest absolute Gasteiger partial charge is 0.393 e. The van der Waals surface area contributed by atoms with Crippen molar-refractivity contribution in [3.63, 3.8) is 0 Å². The van der Waals surface area contributed by atoms with Crippen LogP contribution < -0.4 is 11.4 Å². The Morgan fingerprint density at radius 2 is 2.37 bits per heavy atom. The molecule has 1 aliphatic heterocycles. The second-order valence-electron chi connectivity index (χ2n) is 3.95. The van der Waals surface area contributed by atoms with E-state index in [9.17, 15) is 14.3 Å². The molecule has 0 amide bonds. The van der Waals surface area contributed by atoms with E-state index in [1.165, 1.54) is 6.20 Å². The summed E-state index contributed by atoms with van der Waals surface area (Å²) in [4.78, 5) is 15.4. The van der Waals surface area contributed by atoms with Crippen LogP contribution in [-0.4, -0.2) is 38.6 Å². The third kappa shape index (κ3) is 2.37. The van der Waals surface area contributed by atoms with Crippen molar-refractivity contribution in [2.75, 3.05) is 12.3 Å². The maximum Gasteiger partial charge on any atom is 0.351 e. The number of aromatic nitrogens is 2. The summed E-state index contributed by atoms with van der Waals surface area (Å²) in [5.74, 6) is -0.0583. The molecule has 1 aromatic heterocycles. The van der Waals surface area contributed by atoms with Gasteiger partial charge < -0.3 is 20.7 Å². The summed E-state index contributed by atoms with van der Waals surface area (Å²) in [6, 6.07) is 0. The van der Waals surface area contributed by atoms with Crippen molar-refractivity contribution < 1.29 is 19.3 Å². The van der Waals surface area contributed by atoms with Crippen LogP contribution in [0.1, 0.15) is 6.23 Å². The first-order chi connectivity index (χ1) is 8.99. The number of aliphatic hydroxyl groups excluding tert-OH is 2. The summed E-state index contributed by atoms with van der Waals surface area (Å²) >= 11 is 4.01. The lowest BCUT2D eigenvalue weighted by atomic mass is 10.1. The maximum absolute atomic E-state index is 12.7. The van der Waals surface area contributed by atoms with Gasteiger partial charge in [-0.25, -0.2) is 9.18 Å².